The van der Waals surface area contributed by atoms with Gasteiger partial charge in [-0.15, -0.1) is 0 Å². The third kappa shape index (κ3) is 6.05. The monoisotopic (exact) mass is 409 g/mol. The zero-order valence-electron chi connectivity index (χ0n) is 14.7. The first-order valence-electron chi connectivity index (χ1n) is 8.12. The van der Waals surface area contributed by atoms with Crippen molar-refractivity contribution in [2.75, 3.05) is 0 Å². The summed E-state index contributed by atoms with van der Waals surface area (Å²) in [5, 5.41) is 7.39. The number of halogens is 3. The van der Waals surface area contributed by atoms with E-state index < -0.39 is 23.7 Å². The molecule has 0 aromatic heterocycles. The van der Waals surface area contributed by atoms with Crippen LogP contribution in [0.15, 0.2) is 47.6 Å². The number of carbonyl (C=O) groups excluding carboxylic acids is 2. The number of amides is 2. The highest BCUT2D eigenvalue weighted by atomic mass is 35.5. The van der Waals surface area contributed by atoms with Gasteiger partial charge in [0.1, 0.15) is 11.9 Å². The van der Waals surface area contributed by atoms with Crippen LogP contribution in [0.3, 0.4) is 0 Å². The van der Waals surface area contributed by atoms with Gasteiger partial charge in [0.2, 0.25) is 0 Å². The van der Waals surface area contributed by atoms with Gasteiger partial charge in [0, 0.05) is 16.1 Å². The largest absolute Gasteiger partial charge is 0.340 e. The molecule has 1 unspecified atom stereocenters. The maximum Gasteiger partial charge on any atom is 0.262 e. The minimum Gasteiger partial charge on any atom is -0.340 e. The van der Waals surface area contributed by atoms with Crippen LogP contribution in [0, 0.1) is 11.7 Å². The Morgan fingerprint density at radius 2 is 1.78 bits per heavy atom. The fourth-order valence-corrected chi connectivity index (χ4v) is 2.66. The summed E-state index contributed by atoms with van der Waals surface area (Å²) in [4.78, 5) is 24.6. The fourth-order valence-electron chi connectivity index (χ4n) is 2.20. The Morgan fingerprint density at radius 1 is 1.11 bits per heavy atom. The summed E-state index contributed by atoms with van der Waals surface area (Å²) in [5.74, 6) is -1.60. The predicted molar refractivity (Wildman–Crippen MR) is 105 cm³/mol. The van der Waals surface area contributed by atoms with Gasteiger partial charge < -0.3 is 5.32 Å². The fraction of sp³-hybridized carbons (Fsp3) is 0.211. The molecule has 0 aliphatic rings. The van der Waals surface area contributed by atoms with Crippen molar-refractivity contribution in [1.82, 2.24) is 10.7 Å². The van der Waals surface area contributed by atoms with E-state index in [0.717, 1.165) is 0 Å². The average Bonchev–Trinajstić information content (AvgIpc) is 2.61. The second-order valence-electron chi connectivity index (χ2n) is 6.10. The molecule has 0 saturated carbocycles. The lowest BCUT2D eigenvalue weighted by Gasteiger charge is -2.20. The van der Waals surface area contributed by atoms with E-state index in [-0.39, 0.29) is 11.5 Å². The molecule has 0 heterocycles. The van der Waals surface area contributed by atoms with Crippen molar-refractivity contribution < 1.29 is 14.0 Å². The molecule has 0 aliphatic carbocycles. The molecule has 2 aromatic rings. The molecule has 2 N–H and O–H groups in total. The molecule has 2 aromatic carbocycles. The molecule has 0 spiro atoms. The summed E-state index contributed by atoms with van der Waals surface area (Å²) >= 11 is 11.9. The van der Waals surface area contributed by atoms with Crippen LogP contribution in [0.25, 0.3) is 0 Å². The van der Waals surface area contributed by atoms with Gasteiger partial charge in [0.25, 0.3) is 11.8 Å². The molecule has 8 heteroatoms. The Morgan fingerprint density at radius 3 is 2.37 bits per heavy atom. The smallest absolute Gasteiger partial charge is 0.262 e. The van der Waals surface area contributed by atoms with Gasteiger partial charge in [0.05, 0.1) is 11.2 Å². The number of nitrogens with zero attached hydrogens (tertiary/aromatic N) is 1. The second kappa shape index (κ2) is 9.48. The van der Waals surface area contributed by atoms with Gasteiger partial charge in [-0.1, -0.05) is 43.1 Å². The van der Waals surface area contributed by atoms with Crippen molar-refractivity contribution >= 4 is 41.2 Å². The van der Waals surface area contributed by atoms with Crippen molar-refractivity contribution in [1.29, 1.82) is 0 Å². The second-order valence-corrected chi connectivity index (χ2v) is 6.95. The number of rotatable bonds is 6. The standard InChI is InChI=1S/C19H18Cl2FN3O2/c1-11(2)17(24-18(26)12-4-7-15(22)8-5-12)19(27)25-23-10-13-3-6-14(20)9-16(13)21/h3-11,17H,1-2H3,(H,24,26)(H,25,27). The van der Waals surface area contributed by atoms with Gasteiger partial charge in [-0.3, -0.25) is 9.59 Å². The zero-order valence-corrected chi connectivity index (χ0v) is 16.2. The van der Waals surface area contributed by atoms with Gasteiger partial charge in [-0.2, -0.15) is 5.10 Å². The van der Waals surface area contributed by atoms with Crippen LogP contribution in [-0.2, 0) is 4.79 Å². The molecule has 2 rings (SSSR count). The van der Waals surface area contributed by atoms with Crippen LogP contribution < -0.4 is 10.7 Å². The van der Waals surface area contributed by atoms with Crippen LogP contribution in [0.4, 0.5) is 4.39 Å². The normalized spacial score (nSPS) is 12.2. The summed E-state index contributed by atoms with van der Waals surface area (Å²) in [7, 11) is 0. The first-order valence-corrected chi connectivity index (χ1v) is 8.88. The van der Waals surface area contributed by atoms with Crippen molar-refractivity contribution in [3.8, 4) is 0 Å². The van der Waals surface area contributed by atoms with E-state index in [2.05, 4.69) is 15.8 Å². The average molecular weight is 410 g/mol. The molecule has 142 valence electrons. The molecule has 1 atom stereocenters. The quantitative estimate of drug-likeness (QED) is 0.558. The summed E-state index contributed by atoms with van der Waals surface area (Å²) in [6.07, 6.45) is 1.38. The van der Waals surface area contributed by atoms with Gasteiger partial charge in [-0.05, 0) is 42.3 Å². The maximum atomic E-state index is 13.0. The van der Waals surface area contributed by atoms with Crippen LogP contribution in [0.2, 0.25) is 10.0 Å². The number of hydrogen-bond donors (Lipinski definition) is 2. The van der Waals surface area contributed by atoms with E-state index in [4.69, 9.17) is 23.2 Å². The van der Waals surface area contributed by atoms with E-state index in [0.29, 0.717) is 15.6 Å². The molecule has 0 aliphatic heterocycles. The van der Waals surface area contributed by atoms with E-state index in [1.807, 2.05) is 0 Å². The molecule has 2 amide bonds. The minimum absolute atomic E-state index is 0.191. The number of nitrogens with one attached hydrogen (secondary N) is 2. The molecular weight excluding hydrogens is 392 g/mol. The van der Waals surface area contributed by atoms with Crippen LogP contribution in [0.5, 0.6) is 0 Å². The highest BCUT2D eigenvalue weighted by Crippen LogP contribution is 2.19. The van der Waals surface area contributed by atoms with Crippen molar-refractivity contribution in [2.45, 2.75) is 19.9 Å². The van der Waals surface area contributed by atoms with E-state index >= 15 is 0 Å². The third-order valence-electron chi connectivity index (χ3n) is 3.68. The van der Waals surface area contributed by atoms with Crippen molar-refractivity contribution in [2.24, 2.45) is 11.0 Å². The molecule has 5 nitrogen and oxygen atoms in total. The first-order chi connectivity index (χ1) is 12.8. The van der Waals surface area contributed by atoms with E-state index in [1.54, 1.807) is 32.0 Å². The predicted octanol–water partition coefficient (Wildman–Crippen LogP) is 4.04. The SMILES string of the molecule is CC(C)C(NC(=O)c1ccc(F)cc1)C(=O)NN=Cc1ccc(Cl)cc1Cl. The first kappa shape index (κ1) is 20.9. The minimum atomic E-state index is -0.819. The third-order valence-corrected chi connectivity index (χ3v) is 4.25. The Kier molecular flexibility index (Phi) is 7.33. The van der Waals surface area contributed by atoms with E-state index in [1.165, 1.54) is 30.5 Å². The lowest BCUT2D eigenvalue weighted by Crippen LogP contribution is -2.48. The topological polar surface area (TPSA) is 70.6 Å². The molecular formula is C19H18Cl2FN3O2. The maximum absolute atomic E-state index is 13.0. The molecule has 0 saturated heterocycles. The Bertz CT molecular complexity index is 855. The Balaban J connectivity index is 2.02. The lowest BCUT2D eigenvalue weighted by atomic mass is 10.0. The van der Waals surface area contributed by atoms with Gasteiger partial charge in [-0.25, -0.2) is 9.82 Å². The summed E-state index contributed by atoms with van der Waals surface area (Å²) in [5.41, 5.74) is 3.22. The van der Waals surface area contributed by atoms with Crippen LogP contribution in [-0.4, -0.2) is 24.1 Å². The lowest BCUT2D eigenvalue weighted by molar-refractivity contribution is -0.123. The van der Waals surface area contributed by atoms with Gasteiger partial charge >= 0.3 is 0 Å². The summed E-state index contributed by atoms with van der Waals surface area (Å²) < 4.78 is 13.0. The number of hydrogen-bond acceptors (Lipinski definition) is 3. The molecule has 0 fully saturated rings. The zero-order chi connectivity index (χ0) is 20.0. The highest BCUT2D eigenvalue weighted by molar-refractivity contribution is 6.36. The number of hydrazone groups is 1. The molecule has 0 radical (unpaired) electrons. The summed E-state index contributed by atoms with van der Waals surface area (Å²) in [6, 6.07) is 9.11. The van der Waals surface area contributed by atoms with E-state index in [9.17, 15) is 14.0 Å². The number of benzene rings is 2. The Labute approximate surface area is 166 Å². The highest BCUT2D eigenvalue weighted by Gasteiger charge is 2.24. The van der Waals surface area contributed by atoms with Crippen LogP contribution >= 0.6 is 23.2 Å². The van der Waals surface area contributed by atoms with Crippen molar-refractivity contribution in [3.63, 3.8) is 0 Å². The number of carbonyl (C=O) groups is 2. The van der Waals surface area contributed by atoms with Gasteiger partial charge in [0.15, 0.2) is 0 Å². The van der Waals surface area contributed by atoms with Crippen LogP contribution in [0.1, 0.15) is 29.8 Å². The Hall–Kier alpha value is -2.44. The van der Waals surface area contributed by atoms with Crippen molar-refractivity contribution in [3.05, 3.63) is 69.5 Å². The molecule has 27 heavy (non-hydrogen) atoms. The molecule has 0 bridgehead atoms. The summed E-state index contributed by atoms with van der Waals surface area (Å²) in [6.45, 7) is 3.57.